The molecule has 9 aromatic carbocycles. The van der Waals surface area contributed by atoms with E-state index in [1.807, 2.05) is 6.20 Å². The van der Waals surface area contributed by atoms with Crippen molar-refractivity contribution in [2.75, 3.05) is 4.90 Å². The summed E-state index contributed by atoms with van der Waals surface area (Å²) in [4.78, 5) is 12.9. The molecule has 1 aromatic heterocycles. The van der Waals surface area contributed by atoms with Gasteiger partial charge in [0.15, 0.2) is 0 Å². The highest BCUT2D eigenvalue weighted by molar-refractivity contribution is 6.13. The molecule has 1 unspecified atom stereocenters. The van der Waals surface area contributed by atoms with Gasteiger partial charge in [0.25, 0.3) is 0 Å². The third-order valence-electron chi connectivity index (χ3n) is 13.9. The number of allylic oxidation sites excluding steroid dienone is 1. The second kappa shape index (κ2) is 16.2. The molecule has 0 saturated carbocycles. The molecule has 1 aliphatic carbocycles. The van der Waals surface area contributed by atoms with Crippen molar-refractivity contribution in [2.24, 2.45) is 4.99 Å². The van der Waals surface area contributed by atoms with E-state index in [4.69, 9.17) is 9.98 Å². The van der Waals surface area contributed by atoms with Crippen LogP contribution in [0.2, 0.25) is 0 Å². The fraction of sp³-hybridized carbons (Fsp3) is 0.0312. The Kier molecular flexibility index (Phi) is 9.43. The molecule has 68 heavy (non-hydrogen) atoms. The zero-order chi connectivity index (χ0) is 45.0. The van der Waals surface area contributed by atoms with E-state index < -0.39 is 5.41 Å². The summed E-state index contributed by atoms with van der Waals surface area (Å²) < 4.78 is 0. The summed E-state index contributed by atoms with van der Waals surface area (Å²) in [7, 11) is 0. The van der Waals surface area contributed by atoms with Crippen molar-refractivity contribution >= 4 is 28.5 Å². The van der Waals surface area contributed by atoms with Gasteiger partial charge in [0, 0.05) is 23.1 Å². The van der Waals surface area contributed by atoms with Crippen LogP contribution in [-0.4, -0.2) is 10.7 Å². The van der Waals surface area contributed by atoms with Crippen LogP contribution < -0.4 is 10.2 Å². The molecule has 2 aliphatic heterocycles. The summed E-state index contributed by atoms with van der Waals surface area (Å²) in [5.41, 5.74) is 22.3. The largest absolute Gasteiger partial charge is 0.360 e. The normalized spacial score (nSPS) is 15.0. The van der Waals surface area contributed by atoms with Gasteiger partial charge in [-0.15, -0.1) is 0 Å². The van der Waals surface area contributed by atoms with Gasteiger partial charge < -0.3 is 10.2 Å². The van der Waals surface area contributed by atoms with Crippen LogP contribution in [0, 0.1) is 0 Å². The molecule has 1 spiro atoms. The van der Waals surface area contributed by atoms with E-state index in [1.54, 1.807) is 0 Å². The number of benzene rings is 9. The van der Waals surface area contributed by atoms with Gasteiger partial charge in [0.05, 0.1) is 28.2 Å². The highest BCUT2D eigenvalue weighted by Gasteiger charge is 2.53. The number of hydrogen-bond donors (Lipinski definition) is 1. The molecule has 0 saturated heterocycles. The predicted molar refractivity (Wildman–Crippen MR) is 279 cm³/mol. The van der Waals surface area contributed by atoms with Crippen LogP contribution in [0.15, 0.2) is 260 Å². The summed E-state index contributed by atoms with van der Waals surface area (Å²) in [6, 6.07) is 87.5. The molecule has 0 bridgehead atoms. The third-order valence-corrected chi connectivity index (χ3v) is 13.9. The Labute approximate surface area is 396 Å². The van der Waals surface area contributed by atoms with Gasteiger partial charge in [-0.1, -0.05) is 194 Å². The Morgan fingerprint density at radius 2 is 0.926 bits per heavy atom. The fourth-order valence-corrected chi connectivity index (χ4v) is 10.8. The molecule has 1 N–H and O–H groups in total. The molecule has 10 aromatic rings. The SMILES string of the molecule is C1=C(c2cccc(-c3cccc(-c4ccc5c(c4)C4(c6ccccc6N(c6ccccc6)c6ccccc64)c4ncccc4-5)c3)c2)NC(c2ccccc2)N=C1c1ccc(-c2ccccc2)cc1. The van der Waals surface area contributed by atoms with E-state index in [-0.39, 0.29) is 6.17 Å². The van der Waals surface area contributed by atoms with Crippen LogP contribution in [-0.2, 0) is 5.41 Å². The average molecular weight is 869 g/mol. The van der Waals surface area contributed by atoms with Crippen molar-refractivity contribution in [1.29, 1.82) is 0 Å². The molecule has 3 heterocycles. The van der Waals surface area contributed by atoms with Crippen LogP contribution in [0.4, 0.5) is 17.1 Å². The van der Waals surface area contributed by atoms with Crippen molar-refractivity contribution in [3.8, 4) is 44.5 Å². The molecule has 1 atom stereocenters. The average Bonchev–Trinajstić information content (AvgIpc) is 3.71. The first kappa shape index (κ1) is 39.5. The summed E-state index contributed by atoms with van der Waals surface area (Å²) >= 11 is 0. The predicted octanol–water partition coefficient (Wildman–Crippen LogP) is 15.4. The van der Waals surface area contributed by atoms with Gasteiger partial charge in [-0.25, -0.2) is 0 Å². The number of aliphatic imine (C=N–C) groups is 1. The van der Waals surface area contributed by atoms with Gasteiger partial charge in [-0.05, 0) is 127 Å². The second-order valence-electron chi connectivity index (χ2n) is 17.8. The number of hydrogen-bond acceptors (Lipinski definition) is 4. The number of para-hydroxylation sites is 3. The summed E-state index contributed by atoms with van der Waals surface area (Å²) in [5, 5.41) is 3.79. The highest BCUT2D eigenvalue weighted by Crippen LogP contribution is 2.63. The Morgan fingerprint density at radius 1 is 0.397 bits per heavy atom. The van der Waals surface area contributed by atoms with Crippen LogP contribution in [0.5, 0.6) is 0 Å². The summed E-state index contributed by atoms with van der Waals surface area (Å²) in [5.74, 6) is 0. The molecule has 13 rings (SSSR count). The maximum Gasteiger partial charge on any atom is 0.145 e. The number of fused-ring (bicyclic) bond motifs is 9. The summed E-state index contributed by atoms with van der Waals surface area (Å²) in [6.45, 7) is 0. The number of aromatic nitrogens is 1. The van der Waals surface area contributed by atoms with E-state index in [2.05, 4.69) is 259 Å². The van der Waals surface area contributed by atoms with Crippen molar-refractivity contribution < 1.29 is 0 Å². The van der Waals surface area contributed by atoms with Crippen molar-refractivity contribution in [3.63, 3.8) is 0 Å². The smallest absolute Gasteiger partial charge is 0.145 e. The van der Waals surface area contributed by atoms with Crippen molar-refractivity contribution in [1.82, 2.24) is 10.3 Å². The van der Waals surface area contributed by atoms with Crippen molar-refractivity contribution in [3.05, 3.63) is 294 Å². The highest BCUT2D eigenvalue weighted by atomic mass is 15.2. The molecular weight excluding hydrogens is 825 g/mol. The second-order valence-corrected chi connectivity index (χ2v) is 17.8. The maximum atomic E-state index is 5.27. The standard InChI is InChI=1S/C64H44N4/c1-4-17-43(18-5-1)44-32-34-45(35-33-44)58-42-59(67-63(66-58)46-19-6-2-7-20-46)51-24-15-23-49(40-51)47-21-14-22-48(39-47)50-36-37-53-54-27-16-38-65-62(54)64(57(53)41-50)55-28-10-12-30-60(55)68(52-25-8-3-9-26-52)61-31-13-11-29-56(61)64/h1-42,63,67H. The fourth-order valence-electron chi connectivity index (χ4n) is 10.8. The first-order valence-corrected chi connectivity index (χ1v) is 23.3. The molecule has 0 amide bonds. The minimum atomic E-state index is -0.628. The Bertz CT molecular complexity index is 3550. The van der Waals surface area contributed by atoms with Gasteiger partial charge in [-0.2, -0.15) is 0 Å². The quantitative estimate of drug-likeness (QED) is 0.173. The van der Waals surface area contributed by atoms with E-state index in [0.29, 0.717) is 0 Å². The lowest BCUT2D eigenvalue weighted by molar-refractivity contribution is 0.664. The van der Waals surface area contributed by atoms with Crippen LogP contribution in [0.1, 0.15) is 45.2 Å². The van der Waals surface area contributed by atoms with Gasteiger partial charge in [0.2, 0.25) is 0 Å². The Balaban J connectivity index is 0.893. The molecule has 0 radical (unpaired) electrons. The molecular formula is C64H44N4. The van der Waals surface area contributed by atoms with Crippen LogP contribution in [0.3, 0.4) is 0 Å². The van der Waals surface area contributed by atoms with Gasteiger partial charge >= 0.3 is 0 Å². The Hall–Kier alpha value is -8.86. The topological polar surface area (TPSA) is 40.5 Å². The first-order valence-electron chi connectivity index (χ1n) is 23.3. The molecule has 3 aliphatic rings. The summed E-state index contributed by atoms with van der Waals surface area (Å²) in [6.07, 6.45) is 3.92. The van der Waals surface area contributed by atoms with E-state index >= 15 is 0 Å². The van der Waals surface area contributed by atoms with Crippen LogP contribution in [0.25, 0.3) is 50.2 Å². The number of rotatable bonds is 7. The van der Waals surface area contributed by atoms with Crippen LogP contribution >= 0.6 is 0 Å². The number of nitrogens with zero attached hydrogens (tertiary/aromatic N) is 3. The monoisotopic (exact) mass is 868 g/mol. The number of nitrogens with one attached hydrogen (secondary N) is 1. The third kappa shape index (κ3) is 6.45. The van der Waals surface area contributed by atoms with E-state index in [0.717, 1.165) is 73.1 Å². The molecule has 320 valence electrons. The van der Waals surface area contributed by atoms with E-state index in [1.165, 1.54) is 38.9 Å². The van der Waals surface area contributed by atoms with Gasteiger partial charge in [0.1, 0.15) is 6.17 Å². The maximum absolute atomic E-state index is 5.27. The van der Waals surface area contributed by atoms with Gasteiger partial charge in [-0.3, -0.25) is 9.98 Å². The van der Waals surface area contributed by atoms with E-state index in [9.17, 15) is 0 Å². The Morgan fingerprint density at radius 3 is 1.62 bits per heavy atom. The number of pyridine rings is 1. The lowest BCUT2D eigenvalue weighted by atomic mass is 9.66. The number of anilines is 3. The zero-order valence-corrected chi connectivity index (χ0v) is 37.2. The lowest BCUT2D eigenvalue weighted by Gasteiger charge is -2.44. The molecule has 0 fully saturated rings. The molecule has 4 nitrogen and oxygen atoms in total. The van der Waals surface area contributed by atoms with Crippen molar-refractivity contribution in [2.45, 2.75) is 11.6 Å². The zero-order valence-electron chi connectivity index (χ0n) is 37.2. The minimum absolute atomic E-state index is 0.235. The lowest BCUT2D eigenvalue weighted by Crippen LogP contribution is -2.36. The minimum Gasteiger partial charge on any atom is -0.360 e. The molecule has 4 heteroatoms. The first-order chi connectivity index (χ1) is 33.7.